The van der Waals surface area contributed by atoms with Gasteiger partial charge < -0.3 is 14.5 Å². The second-order valence-electron chi connectivity index (χ2n) is 5.36. The first-order valence-corrected chi connectivity index (χ1v) is 8.30. The van der Waals surface area contributed by atoms with Crippen LogP contribution in [0.5, 0.6) is 0 Å². The Bertz CT molecular complexity index is 647. The van der Waals surface area contributed by atoms with Crippen molar-refractivity contribution in [3.05, 3.63) is 46.3 Å². The number of nitrogens with one attached hydrogen (secondary N) is 1. The summed E-state index contributed by atoms with van der Waals surface area (Å²) in [5, 5.41) is 4.70. The lowest BCUT2D eigenvalue weighted by Gasteiger charge is -2.22. The maximum Gasteiger partial charge on any atom is 0.148 e. The predicted octanol–water partition coefficient (Wildman–Crippen LogP) is 4.93. The highest BCUT2D eigenvalue weighted by Crippen LogP contribution is 2.34. The summed E-state index contributed by atoms with van der Waals surface area (Å²) in [6, 6.07) is 8.35. The van der Waals surface area contributed by atoms with E-state index in [1.165, 1.54) is 5.57 Å². The van der Waals surface area contributed by atoms with Crippen molar-refractivity contribution in [2.75, 3.05) is 13.2 Å². The molecule has 0 aliphatic carbocycles. The van der Waals surface area contributed by atoms with Gasteiger partial charge in [0, 0.05) is 5.39 Å². The molecule has 1 unspecified atom stereocenters. The maximum atomic E-state index is 6.11. The van der Waals surface area contributed by atoms with E-state index in [1.807, 2.05) is 18.4 Å². The molecule has 1 aliphatic rings. The van der Waals surface area contributed by atoms with Gasteiger partial charge >= 0.3 is 0 Å². The van der Waals surface area contributed by atoms with E-state index in [-0.39, 0.29) is 6.04 Å². The fourth-order valence-electron chi connectivity index (χ4n) is 2.69. The van der Waals surface area contributed by atoms with Crippen molar-refractivity contribution in [1.29, 1.82) is 0 Å². The second kappa shape index (κ2) is 6.67. The number of rotatable bonds is 5. The molecule has 3 rings (SSSR count). The highest BCUT2D eigenvalue weighted by molar-refractivity contribution is 9.10. The summed E-state index contributed by atoms with van der Waals surface area (Å²) in [5.41, 5.74) is 2.18. The minimum atomic E-state index is 0.101. The van der Waals surface area contributed by atoms with Gasteiger partial charge in [0.2, 0.25) is 0 Å². The normalized spacial score (nSPS) is 16.6. The van der Waals surface area contributed by atoms with Crippen molar-refractivity contribution < 1.29 is 9.15 Å². The van der Waals surface area contributed by atoms with Crippen molar-refractivity contribution in [3.63, 3.8) is 0 Å². The predicted molar refractivity (Wildman–Crippen MR) is 88.2 cm³/mol. The molecule has 1 aromatic heterocycles. The minimum Gasteiger partial charge on any atom is -0.501 e. The fourth-order valence-corrected chi connectivity index (χ4v) is 3.15. The van der Waals surface area contributed by atoms with Crippen LogP contribution in [0.1, 0.15) is 38.0 Å². The summed E-state index contributed by atoms with van der Waals surface area (Å²) in [4.78, 5) is 0. The van der Waals surface area contributed by atoms with Gasteiger partial charge in [-0.1, -0.05) is 19.1 Å². The van der Waals surface area contributed by atoms with Crippen molar-refractivity contribution >= 4 is 26.9 Å². The van der Waals surface area contributed by atoms with E-state index in [0.29, 0.717) is 0 Å². The first-order valence-electron chi connectivity index (χ1n) is 7.51. The molecule has 21 heavy (non-hydrogen) atoms. The Labute approximate surface area is 133 Å². The zero-order valence-corrected chi connectivity index (χ0v) is 13.8. The molecule has 0 radical (unpaired) electrons. The number of furan rings is 1. The standard InChI is InChI=1S/C17H20BrNO2/c1-2-8-19-16(13-6-4-9-20-11-13)15-10-12-5-3-7-14(18)17(12)21-15/h3,5,7,10-11,16,19H,2,4,6,8-9H2,1H3. The van der Waals surface area contributed by atoms with Crippen LogP contribution >= 0.6 is 15.9 Å². The maximum absolute atomic E-state index is 6.11. The fraction of sp³-hybridized carbons (Fsp3) is 0.412. The Morgan fingerprint density at radius 2 is 2.29 bits per heavy atom. The molecule has 3 nitrogen and oxygen atoms in total. The topological polar surface area (TPSA) is 34.4 Å². The average Bonchev–Trinajstić information content (AvgIpc) is 2.94. The third kappa shape index (κ3) is 3.16. The number of halogens is 1. The van der Waals surface area contributed by atoms with E-state index in [2.05, 4.69) is 40.3 Å². The van der Waals surface area contributed by atoms with Crippen LogP contribution in [0.4, 0.5) is 0 Å². The van der Waals surface area contributed by atoms with Crippen LogP contribution < -0.4 is 5.32 Å². The summed E-state index contributed by atoms with van der Waals surface area (Å²) in [6.45, 7) is 3.95. The smallest absolute Gasteiger partial charge is 0.148 e. The average molecular weight is 350 g/mol. The van der Waals surface area contributed by atoms with Gasteiger partial charge in [0.05, 0.1) is 23.4 Å². The molecule has 112 valence electrons. The van der Waals surface area contributed by atoms with Crippen molar-refractivity contribution in [3.8, 4) is 0 Å². The van der Waals surface area contributed by atoms with Crippen LogP contribution in [-0.4, -0.2) is 13.2 Å². The minimum absolute atomic E-state index is 0.101. The SMILES string of the molecule is CCCNC(C1=COCCC1)c1cc2cccc(Br)c2o1. The van der Waals surface area contributed by atoms with E-state index in [9.17, 15) is 0 Å². The summed E-state index contributed by atoms with van der Waals surface area (Å²) in [5.74, 6) is 0.960. The zero-order chi connectivity index (χ0) is 14.7. The van der Waals surface area contributed by atoms with Gasteiger partial charge in [0.15, 0.2) is 0 Å². The van der Waals surface area contributed by atoms with Gasteiger partial charge in [-0.15, -0.1) is 0 Å². The molecule has 0 saturated carbocycles. The van der Waals surface area contributed by atoms with Crippen molar-refractivity contribution in [2.45, 2.75) is 32.2 Å². The summed E-state index contributed by atoms with van der Waals surface area (Å²) in [6.07, 6.45) is 5.12. The van der Waals surface area contributed by atoms with Gasteiger partial charge in [0.25, 0.3) is 0 Å². The van der Waals surface area contributed by atoms with E-state index in [0.717, 1.165) is 53.6 Å². The molecular formula is C17H20BrNO2. The lowest BCUT2D eigenvalue weighted by Crippen LogP contribution is -2.25. The van der Waals surface area contributed by atoms with Crippen LogP contribution in [0.15, 0.2) is 45.0 Å². The first-order chi connectivity index (χ1) is 10.3. The summed E-state index contributed by atoms with van der Waals surface area (Å²) >= 11 is 3.55. The molecule has 2 aromatic rings. The third-order valence-corrected chi connectivity index (χ3v) is 4.36. The number of para-hydroxylation sites is 1. The number of ether oxygens (including phenoxy) is 1. The molecule has 0 bridgehead atoms. The Balaban J connectivity index is 1.97. The van der Waals surface area contributed by atoms with Gasteiger partial charge in [-0.3, -0.25) is 0 Å². The van der Waals surface area contributed by atoms with Crippen LogP contribution in [0.3, 0.4) is 0 Å². The molecule has 1 N–H and O–H groups in total. The van der Waals surface area contributed by atoms with E-state index < -0.39 is 0 Å². The van der Waals surface area contributed by atoms with Crippen molar-refractivity contribution in [2.24, 2.45) is 0 Å². The van der Waals surface area contributed by atoms with Crippen LogP contribution in [0, 0.1) is 0 Å². The van der Waals surface area contributed by atoms with E-state index >= 15 is 0 Å². The lowest BCUT2D eigenvalue weighted by molar-refractivity contribution is 0.217. The van der Waals surface area contributed by atoms with Crippen LogP contribution in [0.25, 0.3) is 11.0 Å². The third-order valence-electron chi connectivity index (χ3n) is 3.73. The molecule has 0 amide bonds. The van der Waals surface area contributed by atoms with Gasteiger partial charge in [-0.2, -0.15) is 0 Å². The largest absolute Gasteiger partial charge is 0.501 e. The Hall–Kier alpha value is -1.26. The van der Waals surface area contributed by atoms with Crippen molar-refractivity contribution in [1.82, 2.24) is 5.32 Å². The number of fused-ring (bicyclic) bond motifs is 1. The molecule has 0 fully saturated rings. The molecule has 1 aromatic carbocycles. The summed E-state index contributed by atoms with van der Waals surface area (Å²) < 4.78 is 12.6. The molecule has 1 aliphatic heterocycles. The van der Waals surface area contributed by atoms with E-state index in [4.69, 9.17) is 9.15 Å². The lowest BCUT2D eigenvalue weighted by atomic mass is 9.99. The molecule has 4 heteroatoms. The number of hydrogen-bond acceptors (Lipinski definition) is 3. The quantitative estimate of drug-likeness (QED) is 0.830. The molecule has 1 atom stereocenters. The summed E-state index contributed by atoms with van der Waals surface area (Å²) in [7, 11) is 0. The Kier molecular flexibility index (Phi) is 4.66. The van der Waals surface area contributed by atoms with Crippen LogP contribution in [-0.2, 0) is 4.74 Å². The Morgan fingerprint density at radius 1 is 1.38 bits per heavy atom. The number of hydrogen-bond donors (Lipinski definition) is 1. The highest BCUT2D eigenvalue weighted by Gasteiger charge is 2.22. The molecular weight excluding hydrogens is 330 g/mol. The second-order valence-corrected chi connectivity index (χ2v) is 6.22. The molecule has 2 heterocycles. The molecule has 0 spiro atoms. The Morgan fingerprint density at radius 3 is 3.00 bits per heavy atom. The van der Waals surface area contributed by atoms with Gasteiger partial charge in [-0.25, -0.2) is 0 Å². The monoisotopic (exact) mass is 349 g/mol. The highest BCUT2D eigenvalue weighted by atomic mass is 79.9. The van der Waals surface area contributed by atoms with Gasteiger partial charge in [-0.05, 0) is 59.4 Å². The van der Waals surface area contributed by atoms with Gasteiger partial charge in [0.1, 0.15) is 11.3 Å². The number of benzene rings is 1. The zero-order valence-electron chi connectivity index (χ0n) is 12.2. The molecule has 0 saturated heterocycles. The van der Waals surface area contributed by atoms with E-state index in [1.54, 1.807) is 0 Å². The first kappa shape index (κ1) is 14.7. The van der Waals surface area contributed by atoms with Crippen LogP contribution in [0.2, 0.25) is 0 Å².